The first-order valence-corrected chi connectivity index (χ1v) is 11.0. The molecular weight excluding hydrogens is 398 g/mol. The molecule has 5 nitrogen and oxygen atoms in total. The Labute approximate surface area is 166 Å². The molecule has 0 N–H and O–H groups in total. The Hall–Kier alpha value is -2.87. The smallest absolute Gasteiger partial charge is 0.267 e. The van der Waals surface area contributed by atoms with Crippen molar-refractivity contribution >= 4 is 9.84 Å². The van der Waals surface area contributed by atoms with E-state index in [0.717, 1.165) is 36.8 Å². The van der Waals surface area contributed by atoms with Crippen LogP contribution in [0.25, 0.3) is 16.8 Å². The molecule has 0 saturated heterocycles. The van der Waals surface area contributed by atoms with Gasteiger partial charge in [0.25, 0.3) is 5.56 Å². The standard InChI is InChI=1S/C21H18F2N2O3S/c1-29(27,28)20-12-19(25-21(26)3-2-8-24-25)15(9-13-4-5-13)10-16(20)14-6-7-17(22)18(23)11-14/h2-3,6-8,10-13H,4-5,9H2,1H3. The summed E-state index contributed by atoms with van der Waals surface area (Å²) in [5.74, 6) is -1.63. The summed E-state index contributed by atoms with van der Waals surface area (Å²) in [4.78, 5) is 12.3. The molecule has 0 unspecified atom stereocenters. The highest BCUT2D eigenvalue weighted by molar-refractivity contribution is 7.90. The van der Waals surface area contributed by atoms with Crippen molar-refractivity contribution in [3.05, 3.63) is 76.2 Å². The van der Waals surface area contributed by atoms with Crippen molar-refractivity contribution in [3.63, 3.8) is 0 Å². The molecule has 3 aromatic rings. The highest BCUT2D eigenvalue weighted by Gasteiger charge is 2.26. The third kappa shape index (κ3) is 3.98. The van der Waals surface area contributed by atoms with Crippen LogP contribution in [0.2, 0.25) is 0 Å². The van der Waals surface area contributed by atoms with Crippen LogP contribution < -0.4 is 5.56 Å². The van der Waals surface area contributed by atoms with Crippen LogP contribution in [0.4, 0.5) is 8.78 Å². The van der Waals surface area contributed by atoms with Gasteiger partial charge in [-0.3, -0.25) is 4.79 Å². The third-order valence-corrected chi connectivity index (χ3v) is 6.10. The Morgan fingerprint density at radius 1 is 1.10 bits per heavy atom. The first-order chi connectivity index (χ1) is 13.7. The zero-order valence-electron chi connectivity index (χ0n) is 15.6. The molecule has 29 heavy (non-hydrogen) atoms. The van der Waals surface area contributed by atoms with Crippen molar-refractivity contribution in [3.8, 4) is 16.8 Å². The van der Waals surface area contributed by atoms with Gasteiger partial charge in [0.05, 0.1) is 10.6 Å². The van der Waals surface area contributed by atoms with Crippen LogP contribution in [0.15, 0.2) is 58.4 Å². The predicted octanol–water partition coefficient (Wildman–Crippen LogP) is 3.53. The van der Waals surface area contributed by atoms with Crippen LogP contribution in [0.1, 0.15) is 18.4 Å². The average Bonchev–Trinajstić information content (AvgIpc) is 3.47. The fourth-order valence-electron chi connectivity index (χ4n) is 3.34. The van der Waals surface area contributed by atoms with Gasteiger partial charge in [0.2, 0.25) is 0 Å². The molecule has 8 heteroatoms. The molecule has 1 fully saturated rings. The number of hydrogen-bond acceptors (Lipinski definition) is 4. The largest absolute Gasteiger partial charge is 0.271 e. The number of halogens is 2. The zero-order chi connectivity index (χ0) is 20.8. The molecule has 0 atom stereocenters. The van der Waals surface area contributed by atoms with E-state index in [-0.39, 0.29) is 21.6 Å². The van der Waals surface area contributed by atoms with E-state index >= 15 is 0 Å². The van der Waals surface area contributed by atoms with Crippen LogP contribution >= 0.6 is 0 Å². The van der Waals surface area contributed by atoms with E-state index in [1.807, 2.05) is 0 Å². The summed E-state index contributed by atoms with van der Waals surface area (Å²) < 4.78 is 53.4. The normalized spacial score (nSPS) is 14.2. The fraction of sp³-hybridized carbons (Fsp3) is 0.238. The molecule has 1 aliphatic rings. The average molecular weight is 416 g/mol. The van der Waals surface area contributed by atoms with E-state index in [0.29, 0.717) is 18.0 Å². The number of nitrogens with zero attached hydrogens (tertiary/aromatic N) is 2. The molecule has 1 heterocycles. The van der Waals surface area contributed by atoms with Crippen LogP contribution in [0.5, 0.6) is 0 Å². The molecule has 0 amide bonds. The Kier molecular flexibility index (Phi) is 4.82. The Morgan fingerprint density at radius 3 is 2.48 bits per heavy atom. The second-order valence-electron chi connectivity index (χ2n) is 7.30. The number of hydrogen-bond donors (Lipinski definition) is 0. The van der Waals surface area contributed by atoms with Crippen LogP contribution in [-0.4, -0.2) is 24.5 Å². The number of aromatic nitrogens is 2. The van der Waals surface area contributed by atoms with Gasteiger partial charge in [0.15, 0.2) is 21.5 Å². The number of benzene rings is 2. The first kappa shape index (κ1) is 19.4. The van der Waals surface area contributed by atoms with Crippen molar-refractivity contribution < 1.29 is 17.2 Å². The van der Waals surface area contributed by atoms with Crippen LogP contribution in [0.3, 0.4) is 0 Å². The zero-order valence-corrected chi connectivity index (χ0v) is 16.4. The van der Waals surface area contributed by atoms with Gasteiger partial charge in [0, 0.05) is 24.1 Å². The minimum atomic E-state index is -3.74. The van der Waals surface area contributed by atoms with Gasteiger partial charge >= 0.3 is 0 Å². The van der Waals surface area contributed by atoms with Gasteiger partial charge < -0.3 is 0 Å². The lowest BCUT2D eigenvalue weighted by Crippen LogP contribution is -2.21. The monoisotopic (exact) mass is 416 g/mol. The second-order valence-corrected chi connectivity index (χ2v) is 9.28. The molecule has 1 saturated carbocycles. The minimum Gasteiger partial charge on any atom is -0.267 e. The first-order valence-electron chi connectivity index (χ1n) is 9.11. The number of rotatable bonds is 5. The number of sulfone groups is 1. The van der Waals surface area contributed by atoms with E-state index in [1.54, 1.807) is 6.07 Å². The van der Waals surface area contributed by atoms with Crippen molar-refractivity contribution in [2.24, 2.45) is 5.92 Å². The Bertz CT molecular complexity index is 1270. The van der Waals surface area contributed by atoms with Crippen LogP contribution in [-0.2, 0) is 16.3 Å². The molecule has 4 rings (SSSR count). The van der Waals surface area contributed by atoms with Crippen LogP contribution in [0, 0.1) is 17.6 Å². The fourth-order valence-corrected chi connectivity index (χ4v) is 4.24. The SMILES string of the molecule is CS(=O)(=O)c1cc(-n2ncccc2=O)c(CC2CC2)cc1-c1ccc(F)c(F)c1. The molecule has 0 radical (unpaired) electrons. The molecule has 2 aromatic carbocycles. The van der Waals surface area contributed by atoms with Crippen molar-refractivity contribution in [2.75, 3.05) is 6.26 Å². The lowest BCUT2D eigenvalue weighted by molar-refractivity contribution is 0.509. The van der Waals surface area contributed by atoms with Gasteiger partial charge in [-0.05, 0) is 66.6 Å². The van der Waals surface area contributed by atoms with Gasteiger partial charge in [-0.1, -0.05) is 6.07 Å². The highest BCUT2D eigenvalue weighted by Crippen LogP contribution is 2.38. The molecular formula is C21H18F2N2O3S. The molecule has 0 spiro atoms. The summed E-state index contributed by atoms with van der Waals surface area (Å²) in [6.07, 6.45) is 5.22. The summed E-state index contributed by atoms with van der Waals surface area (Å²) in [5, 5.41) is 4.09. The molecule has 0 aliphatic heterocycles. The summed E-state index contributed by atoms with van der Waals surface area (Å²) in [6, 6.07) is 9.19. The maximum Gasteiger partial charge on any atom is 0.271 e. The molecule has 1 aromatic heterocycles. The van der Waals surface area contributed by atoms with Crippen molar-refractivity contribution in [1.82, 2.24) is 9.78 Å². The summed E-state index contributed by atoms with van der Waals surface area (Å²) in [5.41, 5.74) is 1.26. The maximum atomic E-state index is 13.8. The van der Waals surface area contributed by atoms with E-state index < -0.39 is 21.5 Å². The summed E-state index contributed by atoms with van der Waals surface area (Å²) in [7, 11) is -3.74. The maximum absolute atomic E-state index is 13.8. The summed E-state index contributed by atoms with van der Waals surface area (Å²) >= 11 is 0. The second kappa shape index (κ2) is 7.18. The lowest BCUT2D eigenvalue weighted by atomic mass is 9.98. The third-order valence-electron chi connectivity index (χ3n) is 4.96. The molecule has 0 bridgehead atoms. The van der Waals surface area contributed by atoms with Gasteiger partial charge in [-0.15, -0.1) is 0 Å². The van der Waals surface area contributed by atoms with Gasteiger partial charge in [0.1, 0.15) is 0 Å². The van der Waals surface area contributed by atoms with Crippen molar-refractivity contribution in [2.45, 2.75) is 24.2 Å². The van der Waals surface area contributed by atoms with E-state index in [9.17, 15) is 22.0 Å². The highest BCUT2D eigenvalue weighted by atomic mass is 32.2. The molecule has 150 valence electrons. The van der Waals surface area contributed by atoms with Crippen molar-refractivity contribution in [1.29, 1.82) is 0 Å². The van der Waals surface area contributed by atoms with E-state index in [1.165, 1.54) is 35.1 Å². The lowest BCUT2D eigenvalue weighted by Gasteiger charge is -2.17. The van der Waals surface area contributed by atoms with Gasteiger partial charge in [-0.2, -0.15) is 9.78 Å². The Balaban J connectivity index is 2.01. The Morgan fingerprint density at radius 2 is 1.86 bits per heavy atom. The quantitative estimate of drug-likeness (QED) is 0.638. The van der Waals surface area contributed by atoms with E-state index in [4.69, 9.17) is 0 Å². The minimum absolute atomic E-state index is 0.0735. The topological polar surface area (TPSA) is 69.0 Å². The van der Waals surface area contributed by atoms with E-state index in [2.05, 4.69) is 5.10 Å². The summed E-state index contributed by atoms with van der Waals surface area (Å²) in [6.45, 7) is 0. The predicted molar refractivity (Wildman–Crippen MR) is 105 cm³/mol. The van der Waals surface area contributed by atoms with Gasteiger partial charge in [-0.25, -0.2) is 17.2 Å². The molecule has 1 aliphatic carbocycles.